The van der Waals surface area contributed by atoms with E-state index >= 15 is 0 Å². The predicted molar refractivity (Wildman–Crippen MR) is 178 cm³/mol. The summed E-state index contributed by atoms with van der Waals surface area (Å²) in [6, 6.07) is 12.4. The summed E-state index contributed by atoms with van der Waals surface area (Å²) in [5, 5.41) is 2.94. The summed E-state index contributed by atoms with van der Waals surface area (Å²) in [7, 11) is 0. The van der Waals surface area contributed by atoms with Gasteiger partial charge in [-0.3, -0.25) is 9.69 Å². The maximum absolute atomic E-state index is 14.3. The zero-order chi connectivity index (χ0) is 32.8. The number of nitrogens with one attached hydrogen (secondary N) is 1. The van der Waals surface area contributed by atoms with Gasteiger partial charge in [-0.15, -0.1) is 0 Å². The third kappa shape index (κ3) is 9.62. The summed E-state index contributed by atoms with van der Waals surface area (Å²) in [4.78, 5) is 39.3. The molecule has 2 fully saturated rings. The highest BCUT2D eigenvalue weighted by atomic mass is 79.9. The molecule has 0 unspecified atom stereocenters. The Bertz CT molecular complexity index is 1500. The van der Waals surface area contributed by atoms with Gasteiger partial charge in [0.2, 0.25) is 11.8 Å². The van der Waals surface area contributed by atoms with Crippen molar-refractivity contribution >= 4 is 33.7 Å². The fraction of sp³-hybridized carbons (Fsp3) is 0.471. The van der Waals surface area contributed by atoms with Crippen LogP contribution in [0.15, 0.2) is 53.1 Å². The maximum atomic E-state index is 14.3. The SMILES string of the molecule is CC(=O)NCC1CCN(Cc2cc(Oc3ccc(N4CCN(C(=O)OC(C)(C)C)CC4)nc3)nc(-c3cc(F)cc(Br)c3)c2)CC1. The number of likely N-dealkylation sites (tertiary alicyclic amines) is 1. The molecule has 0 saturated carbocycles. The van der Waals surface area contributed by atoms with E-state index < -0.39 is 5.60 Å². The van der Waals surface area contributed by atoms with Gasteiger partial charge >= 0.3 is 6.09 Å². The number of piperidine rings is 1. The van der Waals surface area contributed by atoms with Gasteiger partial charge in [0.05, 0.1) is 11.9 Å². The zero-order valence-electron chi connectivity index (χ0n) is 26.9. The minimum atomic E-state index is -0.526. The van der Waals surface area contributed by atoms with Gasteiger partial charge in [0.15, 0.2) is 0 Å². The number of carbonyl (C=O) groups is 2. The highest BCUT2D eigenvalue weighted by Crippen LogP contribution is 2.30. The molecule has 0 bridgehead atoms. The van der Waals surface area contributed by atoms with Gasteiger partial charge in [-0.1, -0.05) is 15.9 Å². The fourth-order valence-corrected chi connectivity index (χ4v) is 6.10. The summed E-state index contributed by atoms with van der Waals surface area (Å²) in [5.74, 6) is 1.85. The third-order valence-electron chi connectivity index (χ3n) is 7.97. The molecule has 0 aliphatic carbocycles. The molecule has 5 rings (SSSR count). The smallest absolute Gasteiger partial charge is 0.410 e. The van der Waals surface area contributed by atoms with Crippen molar-refractivity contribution in [3.8, 4) is 22.9 Å². The van der Waals surface area contributed by atoms with Crippen LogP contribution in [0.4, 0.5) is 15.0 Å². The van der Waals surface area contributed by atoms with Crippen LogP contribution < -0.4 is 15.0 Å². The summed E-state index contributed by atoms with van der Waals surface area (Å²) in [6.07, 6.45) is 3.39. The first-order valence-corrected chi connectivity index (χ1v) is 16.5. The number of benzene rings is 1. The van der Waals surface area contributed by atoms with Crippen LogP contribution in [0.2, 0.25) is 0 Å². The third-order valence-corrected chi connectivity index (χ3v) is 8.43. The molecule has 2 aliphatic rings. The number of hydrogen-bond acceptors (Lipinski definition) is 8. The number of halogens is 2. The van der Waals surface area contributed by atoms with Crippen molar-refractivity contribution in [2.24, 2.45) is 5.92 Å². The number of carbonyl (C=O) groups excluding carboxylic acids is 2. The summed E-state index contributed by atoms with van der Waals surface area (Å²) in [6.45, 7) is 12.8. The van der Waals surface area contributed by atoms with Crippen LogP contribution in [0, 0.1) is 11.7 Å². The van der Waals surface area contributed by atoms with Gasteiger partial charge in [0, 0.05) is 62.3 Å². The first-order valence-electron chi connectivity index (χ1n) is 15.7. The molecule has 2 amide bonds. The molecule has 0 radical (unpaired) electrons. The second kappa shape index (κ2) is 14.8. The molecule has 3 aromatic rings. The lowest BCUT2D eigenvalue weighted by Gasteiger charge is -2.36. The standard InChI is InChI=1S/C34H42BrFN6O4/c1-23(43)37-20-24-7-9-40(10-8-24)22-25-15-30(26-17-27(35)19-28(36)18-26)39-32(16-25)45-29-5-6-31(38-21-29)41-11-13-42(14-12-41)33(44)46-34(2,3)4/h5-6,15-19,21,24H,7-14,20,22H2,1-4H3,(H,37,43). The monoisotopic (exact) mass is 696 g/mol. The highest BCUT2D eigenvalue weighted by Gasteiger charge is 2.26. The summed E-state index contributed by atoms with van der Waals surface area (Å²) in [5.41, 5.74) is 1.74. The minimum Gasteiger partial charge on any atom is -0.444 e. The van der Waals surface area contributed by atoms with Crippen molar-refractivity contribution in [3.05, 3.63) is 64.5 Å². The zero-order valence-corrected chi connectivity index (χ0v) is 28.5. The second-order valence-electron chi connectivity index (χ2n) is 12.9. The van der Waals surface area contributed by atoms with Crippen LogP contribution in [-0.2, 0) is 16.1 Å². The largest absolute Gasteiger partial charge is 0.444 e. The van der Waals surface area contributed by atoms with Gasteiger partial charge in [-0.25, -0.2) is 19.2 Å². The Hall–Kier alpha value is -3.77. The number of nitrogens with zero attached hydrogens (tertiary/aromatic N) is 5. The molecule has 0 spiro atoms. The lowest BCUT2D eigenvalue weighted by atomic mass is 9.96. The summed E-state index contributed by atoms with van der Waals surface area (Å²) >= 11 is 3.40. The van der Waals surface area contributed by atoms with E-state index in [0.717, 1.165) is 37.3 Å². The van der Waals surface area contributed by atoms with Gasteiger partial charge < -0.3 is 24.6 Å². The Kier molecular flexibility index (Phi) is 10.8. The first-order chi connectivity index (χ1) is 21.9. The van der Waals surface area contributed by atoms with Crippen molar-refractivity contribution in [3.63, 3.8) is 0 Å². The van der Waals surface area contributed by atoms with Gasteiger partial charge in [0.25, 0.3) is 0 Å². The van der Waals surface area contributed by atoms with E-state index in [-0.39, 0.29) is 17.8 Å². The molecule has 10 nitrogen and oxygen atoms in total. The van der Waals surface area contributed by atoms with Crippen LogP contribution in [0.5, 0.6) is 11.6 Å². The predicted octanol–water partition coefficient (Wildman–Crippen LogP) is 6.24. The van der Waals surface area contributed by atoms with Crippen molar-refractivity contribution in [1.29, 1.82) is 0 Å². The average molecular weight is 698 g/mol. The van der Waals surface area contributed by atoms with Crippen LogP contribution in [0.25, 0.3) is 11.3 Å². The number of hydrogen-bond donors (Lipinski definition) is 1. The number of piperazine rings is 1. The Morgan fingerprint density at radius 3 is 2.39 bits per heavy atom. The number of rotatable bonds is 8. The number of pyridine rings is 2. The number of anilines is 1. The molecule has 0 atom stereocenters. The van der Waals surface area contributed by atoms with Crippen molar-refractivity contribution in [2.45, 2.75) is 52.7 Å². The molecule has 2 aromatic heterocycles. The van der Waals surface area contributed by atoms with E-state index in [1.54, 1.807) is 18.0 Å². The number of ether oxygens (including phenoxy) is 2. The minimum absolute atomic E-state index is 0.00577. The van der Waals surface area contributed by atoms with Crippen molar-refractivity contribution < 1.29 is 23.5 Å². The summed E-state index contributed by atoms with van der Waals surface area (Å²) < 4.78 is 26.7. The van der Waals surface area contributed by atoms with Crippen LogP contribution >= 0.6 is 15.9 Å². The Morgan fingerprint density at radius 1 is 1.02 bits per heavy atom. The lowest BCUT2D eigenvalue weighted by molar-refractivity contribution is -0.119. The van der Waals surface area contributed by atoms with Crippen LogP contribution in [0.1, 0.15) is 46.1 Å². The first kappa shape index (κ1) is 33.6. The normalized spacial score (nSPS) is 16.3. The molecule has 2 saturated heterocycles. The van der Waals surface area contributed by atoms with Crippen LogP contribution in [0.3, 0.4) is 0 Å². The molecular weight excluding hydrogens is 655 g/mol. The van der Waals surface area contributed by atoms with E-state index in [0.29, 0.717) is 72.5 Å². The molecule has 246 valence electrons. The van der Waals surface area contributed by atoms with Crippen molar-refractivity contribution in [2.75, 3.05) is 50.7 Å². The topological polar surface area (TPSA) is 100 Å². The fourth-order valence-electron chi connectivity index (χ4n) is 5.63. The molecule has 2 aliphatic heterocycles. The molecule has 12 heteroatoms. The average Bonchev–Trinajstić information content (AvgIpc) is 3.00. The van der Waals surface area contributed by atoms with Crippen LogP contribution in [-0.4, -0.2) is 83.2 Å². The number of aromatic nitrogens is 2. The highest BCUT2D eigenvalue weighted by molar-refractivity contribution is 9.10. The Labute approximate surface area is 278 Å². The molecular formula is C34H42BrFN6O4. The molecule has 1 N–H and O–H groups in total. The quantitative estimate of drug-likeness (QED) is 0.296. The second-order valence-corrected chi connectivity index (χ2v) is 13.8. The number of amides is 2. The van der Waals surface area contributed by atoms with Gasteiger partial charge in [0.1, 0.15) is 23.0 Å². The van der Waals surface area contributed by atoms with E-state index in [2.05, 4.69) is 36.0 Å². The Morgan fingerprint density at radius 2 is 1.76 bits per heavy atom. The van der Waals surface area contributed by atoms with E-state index in [9.17, 15) is 14.0 Å². The lowest BCUT2D eigenvalue weighted by Crippen LogP contribution is -2.50. The molecule has 1 aromatic carbocycles. The van der Waals surface area contributed by atoms with Crippen molar-refractivity contribution in [1.82, 2.24) is 25.1 Å². The molecule has 46 heavy (non-hydrogen) atoms. The maximum Gasteiger partial charge on any atom is 0.410 e. The molecule has 4 heterocycles. The van der Waals surface area contributed by atoms with Gasteiger partial charge in [-0.2, -0.15) is 0 Å². The van der Waals surface area contributed by atoms with E-state index in [1.807, 2.05) is 51.1 Å². The van der Waals surface area contributed by atoms with E-state index in [4.69, 9.17) is 14.5 Å². The van der Waals surface area contributed by atoms with E-state index in [1.165, 1.54) is 12.1 Å². The van der Waals surface area contributed by atoms with Gasteiger partial charge in [-0.05, 0) is 94.6 Å². The Balaban J connectivity index is 1.26.